The summed E-state index contributed by atoms with van der Waals surface area (Å²) in [5.41, 5.74) is 3.57. The number of carbonyl (C=O) groups is 1. The van der Waals surface area contributed by atoms with E-state index in [0.717, 1.165) is 5.56 Å². The van der Waals surface area contributed by atoms with E-state index in [-0.39, 0.29) is 5.56 Å². The first-order chi connectivity index (χ1) is 9.06. The molecule has 1 N–H and O–H groups in total. The molecular formula is C16H16O3. The van der Waals surface area contributed by atoms with E-state index < -0.39 is 5.97 Å². The molecule has 0 heterocycles. The highest BCUT2D eigenvalue weighted by atomic mass is 16.5. The number of carboxylic acid groups (broad SMARTS) is 1. The molecule has 0 atom stereocenters. The topological polar surface area (TPSA) is 46.5 Å². The largest absolute Gasteiger partial charge is 0.488 e. The Kier molecular flexibility index (Phi) is 3.85. The van der Waals surface area contributed by atoms with E-state index in [1.165, 1.54) is 11.1 Å². The number of aryl methyl sites for hydroxylation is 2. The van der Waals surface area contributed by atoms with Gasteiger partial charge < -0.3 is 9.84 Å². The molecule has 0 aliphatic heterocycles. The minimum Gasteiger partial charge on any atom is -0.488 e. The summed E-state index contributed by atoms with van der Waals surface area (Å²) in [6, 6.07) is 12.8. The maximum atomic E-state index is 11.1. The van der Waals surface area contributed by atoms with Crippen molar-refractivity contribution in [3.63, 3.8) is 0 Å². The zero-order chi connectivity index (χ0) is 13.8. The Labute approximate surface area is 112 Å². The lowest BCUT2D eigenvalue weighted by Gasteiger charge is -2.10. The molecule has 0 bridgehead atoms. The second-order valence-electron chi connectivity index (χ2n) is 4.59. The summed E-state index contributed by atoms with van der Waals surface area (Å²) in [5, 5.41) is 9.07. The average molecular weight is 256 g/mol. The van der Waals surface area contributed by atoms with E-state index in [1.54, 1.807) is 24.3 Å². The molecule has 0 saturated heterocycles. The van der Waals surface area contributed by atoms with E-state index in [4.69, 9.17) is 9.84 Å². The van der Waals surface area contributed by atoms with Crippen LogP contribution in [0.4, 0.5) is 0 Å². The number of benzene rings is 2. The SMILES string of the molecule is Cc1cc(C)cc(COc2ccccc2C(=O)O)c1. The van der Waals surface area contributed by atoms with Gasteiger partial charge >= 0.3 is 5.97 Å². The van der Waals surface area contributed by atoms with Gasteiger partial charge in [0, 0.05) is 0 Å². The molecule has 0 fully saturated rings. The molecular weight excluding hydrogens is 240 g/mol. The minimum absolute atomic E-state index is 0.187. The molecule has 3 nitrogen and oxygen atoms in total. The first-order valence-corrected chi connectivity index (χ1v) is 6.08. The Bertz CT molecular complexity index is 582. The summed E-state index contributed by atoms with van der Waals surface area (Å²) in [6.45, 7) is 4.43. The summed E-state index contributed by atoms with van der Waals surface area (Å²) in [7, 11) is 0. The van der Waals surface area contributed by atoms with Gasteiger partial charge in [-0.2, -0.15) is 0 Å². The highest BCUT2D eigenvalue weighted by Gasteiger charge is 2.10. The van der Waals surface area contributed by atoms with Crippen molar-refractivity contribution >= 4 is 5.97 Å². The third-order valence-corrected chi connectivity index (χ3v) is 2.79. The van der Waals surface area contributed by atoms with Crippen LogP contribution >= 0.6 is 0 Å². The maximum Gasteiger partial charge on any atom is 0.339 e. The van der Waals surface area contributed by atoms with E-state index in [1.807, 2.05) is 26.0 Å². The standard InChI is InChI=1S/C16H16O3/c1-11-7-12(2)9-13(8-11)10-19-15-6-4-3-5-14(15)16(17)18/h3-9H,10H2,1-2H3,(H,17,18). The molecule has 0 spiro atoms. The van der Waals surface area contributed by atoms with Crippen molar-refractivity contribution in [2.75, 3.05) is 0 Å². The van der Waals surface area contributed by atoms with Gasteiger partial charge in [0.1, 0.15) is 17.9 Å². The summed E-state index contributed by atoms with van der Waals surface area (Å²) in [6.07, 6.45) is 0. The van der Waals surface area contributed by atoms with Crippen LogP contribution in [0.25, 0.3) is 0 Å². The van der Waals surface area contributed by atoms with Crippen molar-refractivity contribution in [2.24, 2.45) is 0 Å². The van der Waals surface area contributed by atoms with Gasteiger partial charge in [-0.25, -0.2) is 4.79 Å². The van der Waals surface area contributed by atoms with Crippen molar-refractivity contribution in [3.8, 4) is 5.75 Å². The van der Waals surface area contributed by atoms with Crippen LogP contribution in [0, 0.1) is 13.8 Å². The lowest BCUT2D eigenvalue weighted by molar-refractivity contribution is 0.0691. The van der Waals surface area contributed by atoms with Crippen LogP contribution in [0.15, 0.2) is 42.5 Å². The number of hydrogen-bond acceptors (Lipinski definition) is 2. The average Bonchev–Trinajstić information content (AvgIpc) is 2.35. The molecule has 0 amide bonds. The van der Waals surface area contributed by atoms with Crippen LogP contribution < -0.4 is 4.74 Å². The zero-order valence-electron chi connectivity index (χ0n) is 11.0. The third kappa shape index (κ3) is 3.35. The van der Waals surface area contributed by atoms with Crippen molar-refractivity contribution in [2.45, 2.75) is 20.5 Å². The highest BCUT2D eigenvalue weighted by Crippen LogP contribution is 2.20. The molecule has 19 heavy (non-hydrogen) atoms. The Morgan fingerprint density at radius 1 is 1.11 bits per heavy atom. The molecule has 3 heteroatoms. The van der Waals surface area contributed by atoms with Crippen LogP contribution in [-0.4, -0.2) is 11.1 Å². The van der Waals surface area contributed by atoms with E-state index >= 15 is 0 Å². The monoisotopic (exact) mass is 256 g/mol. The van der Waals surface area contributed by atoms with Gasteiger partial charge in [-0.3, -0.25) is 0 Å². The molecule has 98 valence electrons. The number of ether oxygens (including phenoxy) is 1. The van der Waals surface area contributed by atoms with Crippen molar-refractivity contribution in [1.29, 1.82) is 0 Å². The van der Waals surface area contributed by atoms with Gasteiger partial charge in [-0.05, 0) is 31.5 Å². The predicted octanol–water partition coefficient (Wildman–Crippen LogP) is 3.58. The minimum atomic E-state index is -0.976. The quantitative estimate of drug-likeness (QED) is 0.909. The van der Waals surface area contributed by atoms with Crippen LogP contribution in [0.3, 0.4) is 0 Å². The normalized spacial score (nSPS) is 10.2. The lowest BCUT2D eigenvalue weighted by Crippen LogP contribution is -2.03. The van der Waals surface area contributed by atoms with Gasteiger partial charge in [-0.15, -0.1) is 0 Å². The van der Waals surface area contributed by atoms with Crippen molar-refractivity contribution < 1.29 is 14.6 Å². The van der Waals surface area contributed by atoms with E-state index in [0.29, 0.717) is 12.4 Å². The Balaban J connectivity index is 2.16. The van der Waals surface area contributed by atoms with Crippen molar-refractivity contribution in [1.82, 2.24) is 0 Å². The van der Waals surface area contributed by atoms with Crippen LogP contribution in [0.2, 0.25) is 0 Å². The van der Waals surface area contributed by atoms with Gasteiger partial charge in [0.2, 0.25) is 0 Å². The molecule has 0 aliphatic carbocycles. The predicted molar refractivity (Wildman–Crippen MR) is 73.6 cm³/mol. The Morgan fingerprint density at radius 3 is 2.37 bits per heavy atom. The third-order valence-electron chi connectivity index (χ3n) is 2.79. The molecule has 0 unspecified atom stereocenters. The van der Waals surface area contributed by atoms with Crippen LogP contribution in [-0.2, 0) is 6.61 Å². The maximum absolute atomic E-state index is 11.1. The smallest absolute Gasteiger partial charge is 0.339 e. The second-order valence-corrected chi connectivity index (χ2v) is 4.59. The molecule has 0 aliphatic rings. The Hall–Kier alpha value is -2.29. The number of hydrogen-bond donors (Lipinski definition) is 1. The van der Waals surface area contributed by atoms with E-state index in [2.05, 4.69) is 6.07 Å². The fraction of sp³-hybridized carbons (Fsp3) is 0.188. The summed E-state index contributed by atoms with van der Waals surface area (Å²) < 4.78 is 5.61. The molecule has 2 aromatic carbocycles. The number of para-hydroxylation sites is 1. The lowest BCUT2D eigenvalue weighted by atomic mass is 10.1. The first-order valence-electron chi connectivity index (χ1n) is 6.08. The number of carboxylic acids is 1. The molecule has 0 aromatic heterocycles. The van der Waals surface area contributed by atoms with Gasteiger partial charge in [-0.1, -0.05) is 41.5 Å². The fourth-order valence-electron chi connectivity index (χ4n) is 2.08. The van der Waals surface area contributed by atoms with Gasteiger partial charge in [0.15, 0.2) is 0 Å². The van der Waals surface area contributed by atoms with Crippen LogP contribution in [0.5, 0.6) is 5.75 Å². The zero-order valence-corrected chi connectivity index (χ0v) is 11.0. The van der Waals surface area contributed by atoms with Crippen LogP contribution in [0.1, 0.15) is 27.0 Å². The van der Waals surface area contributed by atoms with E-state index in [9.17, 15) is 4.79 Å². The Morgan fingerprint density at radius 2 is 1.74 bits per heavy atom. The van der Waals surface area contributed by atoms with Gasteiger partial charge in [0.05, 0.1) is 0 Å². The number of rotatable bonds is 4. The second kappa shape index (κ2) is 5.57. The molecule has 2 aromatic rings. The fourth-order valence-corrected chi connectivity index (χ4v) is 2.08. The summed E-state index contributed by atoms with van der Waals surface area (Å²) in [4.78, 5) is 11.1. The van der Waals surface area contributed by atoms with Crippen molar-refractivity contribution in [3.05, 3.63) is 64.7 Å². The molecule has 0 radical (unpaired) electrons. The first kappa shape index (κ1) is 13.1. The summed E-state index contributed by atoms with van der Waals surface area (Å²) in [5.74, 6) is -0.579. The van der Waals surface area contributed by atoms with Gasteiger partial charge in [0.25, 0.3) is 0 Å². The molecule has 2 rings (SSSR count). The summed E-state index contributed by atoms with van der Waals surface area (Å²) >= 11 is 0. The number of aromatic carboxylic acids is 1. The molecule has 0 saturated carbocycles. The highest BCUT2D eigenvalue weighted by molar-refractivity contribution is 5.90.